The van der Waals surface area contributed by atoms with Gasteiger partial charge >= 0.3 is 0 Å². The fourth-order valence-corrected chi connectivity index (χ4v) is 1.57. The molecule has 0 aliphatic heterocycles. The van der Waals surface area contributed by atoms with Gasteiger partial charge < -0.3 is 0 Å². The van der Waals surface area contributed by atoms with Crippen LogP contribution in [0.4, 0.5) is 0 Å². The van der Waals surface area contributed by atoms with Crippen molar-refractivity contribution in [1.82, 2.24) is 0 Å². The summed E-state index contributed by atoms with van der Waals surface area (Å²) in [6, 6.07) is 0.901. The van der Waals surface area contributed by atoms with Gasteiger partial charge in [0.1, 0.15) is 0 Å². The average molecular weight is 238 g/mol. The first-order valence-corrected chi connectivity index (χ1v) is 7.18. The summed E-state index contributed by atoms with van der Waals surface area (Å²) in [6.07, 6.45) is 5.30. The van der Waals surface area contributed by atoms with Crippen molar-refractivity contribution >= 4 is 11.4 Å². The van der Waals surface area contributed by atoms with Crippen molar-refractivity contribution in [3.8, 4) is 0 Å². The second kappa shape index (κ2) is 9.38. The SMILES string of the molecule is CC/C(C/C(CC)=N/C(C)CC)=N\C(C)CC. The van der Waals surface area contributed by atoms with E-state index < -0.39 is 0 Å². The number of hydrogen-bond donors (Lipinski definition) is 0. The van der Waals surface area contributed by atoms with Crippen molar-refractivity contribution in [2.75, 3.05) is 0 Å². The van der Waals surface area contributed by atoms with E-state index in [1.165, 1.54) is 11.4 Å². The minimum Gasteiger partial charge on any atom is -0.291 e. The Morgan fingerprint density at radius 2 is 1.12 bits per heavy atom. The fourth-order valence-electron chi connectivity index (χ4n) is 1.57. The van der Waals surface area contributed by atoms with Gasteiger partial charge in [-0.15, -0.1) is 0 Å². The summed E-state index contributed by atoms with van der Waals surface area (Å²) in [5, 5.41) is 0. The summed E-state index contributed by atoms with van der Waals surface area (Å²) in [5.41, 5.74) is 2.62. The third kappa shape index (κ3) is 7.30. The Morgan fingerprint density at radius 3 is 1.35 bits per heavy atom. The highest BCUT2D eigenvalue weighted by molar-refractivity contribution is 6.04. The molecule has 0 spiro atoms. The Bertz CT molecular complexity index is 228. The molecule has 0 N–H and O–H groups in total. The summed E-state index contributed by atoms with van der Waals surface area (Å²) < 4.78 is 0. The Hall–Kier alpha value is -0.660. The first-order valence-electron chi connectivity index (χ1n) is 7.18. The van der Waals surface area contributed by atoms with Crippen molar-refractivity contribution in [2.45, 2.75) is 85.7 Å². The van der Waals surface area contributed by atoms with Crippen molar-refractivity contribution < 1.29 is 0 Å². The second-order valence-corrected chi connectivity index (χ2v) is 4.79. The van der Waals surface area contributed by atoms with Crippen LogP contribution in [0.2, 0.25) is 0 Å². The molecule has 0 radical (unpaired) electrons. The molecule has 0 aromatic heterocycles. The highest BCUT2D eigenvalue weighted by atomic mass is 14.8. The molecule has 17 heavy (non-hydrogen) atoms. The van der Waals surface area contributed by atoms with Crippen LogP contribution >= 0.6 is 0 Å². The van der Waals surface area contributed by atoms with Gasteiger partial charge in [0.2, 0.25) is 0 Å². The molecular formula is C15H30N2. The number of nitrogens with zero attached hydrogens (tertiary/aromatic N) is 2. The molecular weight excluding hydrogens is 208 g/mol. The molecule has 0 aliphatic carbocycles. The maximum absolute atomic E-state index is 4.77. The lowest BCUT2D eigenvalue weighted by Crippen LogP contribution is -2.12. The Labute approximate surface area is 108 Å². The fraction of sp³-hybridized carbons (Fsp3) is 0.867. The van der Waals surface area contributed by atoms with Crippen LogP contribution in [0.5, 0.6) is 0 Å². The third-order valence-electron chi connectivity index (χ3n) is 3.21. The molecule has 0 rings (SSSR count). The van der Waals surface area contributed by atoms with Gasteiger partial charge in [0.15, 0.2) is 0 Å². The topological polar surface area (TPSA) is 24.7 Å². The maximum Gasteiger partial charge on any atom is 0.0468 e. The molecule has 2 unspecified atom stereocenters. The number of hydrogen-bond acceptors (Lipinski definition) is 2. The van der Waals surface area contributed by atoms with Crippen LogP contribution in [0.25, 0.3) is 0 Å². The number of rotatable bonds is 8. The van der Waals surface area contributed by atoms with E-state index in [2.05, 4.69) is 41.5 Å². The lowest BCUT2D eigenvalue weighted by molar-refractivity contribution is 0.708. The predicted octanol–water partition coefficient (Wildman–Crippen LogP) is 4.68. The van der Waals surface area contributed by atoms with Crippen molar-refractivity contribution in [1.29, 1.82) is 0 Å². The molecule has 0 heterocycles. The van der Waals surface area contributed by atoms with Crippen LogP contribution in [0.1, 0.15) is 73.6 Å². The van der Waals surface area contributed by atoms with Crippen molar-refractivity contribution in [3.63, 3.8) is 0 Å². The zero-order chi connectivity index (χ0) is 13.3. The molecule has 2 nitrogen and oxygen atoms in total. The summed E-state index contributed by atoms with van der Waals surface area (Å²) in [7, 11) is 0. The Balaban J connectivity index is 4.62. The summed E-state index contributed by atoms with van der Waals surface area (Å²) in [5.74, 6) is 0. The molecule has 0 aromatic carbocycles. The highest BCUT2D eigenvalue weighted by Gasteiger charge is 2.06. The van der Waals surface area contributed by atoms with E-state index in [1.807, 2.05) is 0 Å². The first kappa shape index (κ1) is 16.3. The summed E-state index contributed by atoms with van der Waals surface area (Å²) in [4.78, 5) is 9.54. The molecule has 2 heteroatoms. The van der Waals surface area contributed by atoms with E-state index in [0.29, 0.717) is 12.1 Å². The minimum atomic E-state index is 0.451. The average Bonchev–Trinajstić information content (AvgIpc) is 2.36. The van der Waals surface area contributed by atoms with Crippen LogP contribution in [0.15, 0.2) is 9.98 Å². The van der Waals surface area contributed by atoms with Gasteiger partial charge in [0.05, 0.1) is 0 Å². The quantitative estimate of drug-likeness (QED) is 0.549. The molecule has 0 saturated carbocycles. The smallest absolute Gasteiger partial charge is 0.0468 e. The lowest BCUT2D eigenvalue weighted by Gasteiger charge is -2.11. The van der Waals surface area contributed by atoms with E-state index in [4.69, 9.17) is 9.98 Å². The first-order chi connectivity index (χ1) is 8.07. The van der Waals surface area contributed by atoms with Crippen LogP contribution in [0.3, 0.4) is 0 Å². The highest BCUT2D eigenvalue weighted by Crippen LogP contribution is 2.07. The standard InChI is InChI=1S/C15H30N2/c1-7-12(5)16-14(9-3)11-15(10-4)17-13(6)8-2/h12-13H,7-11H2,1-6H3/b16-14+,17-15+. The van der Waals surface area contributed by atoms with E-state index in [-0.39, 0.29) is 0 Å². The van der Waals surface area contributed by atoms with Crippen molar-refractivity contribution in [3.05, 3.63) is 0 Å². The Kier molecular flexibility index (Phi) is 9.01. The van der Waals surface area contributed by atoms with Gasteiger partial charge in [0, 0.05) is 29.9 Å². The van der Waals surface area contributed by atoms with E-state index in [9.17, 15) is 0 Å². The zero-order valence-electron chi connectivity index (χ0n) is 12.6. The molecule has 100 valence electrons. The predicted molar refractivity (Wildman–Crippen MR) is 79.6 cm³/mol. The normalized spacial score (nSPS) is 17.1. The molecule has 0 fully saturated rings. The van der Waals surface area contributed by atoms with Crippen LogP contribution in [-0.2, 0) is 0 Å². The van der Waals surface area contributed by atoms with Crippen molar-refractivity contribution in [2.24, 2.45) is 9.98 Å². The van der Waals surface area contributed by atoms with Gasteiger partial charge in [0.25, 0.3) is 0 Å². The van der Waals surface area contributed by atoms with E-state index >= 15 is 0 Å². The van der Waals surface area contributed by atoms with Gasteiger partial charge in [-0.05, 0) is 39.5 Å². The van der Waals surface area contributed by atoms with Gasteiger partial charge in [-0.2, -0.15) is 0 Å². The largest absolute Gasteiger partial charge is 0.291 e. The lowest BCUT2D eigenvalue weighted by atomic mass is 10.1. The second-order valence-electron chi connectivity index (χ2n) is 4.79. The maximum atomic E-state index is 4.77. The molecule has 0 aromatic rings. The van der Waals surface area contributed by atoms with Gasteiger partial charge in [-0.25, -0.2) is 0 Å². The van der Waals surface area contributed by atoms with E-state index in [0.717, 1.165) is 32.1 Å². The molecule has 0 amide bonds. The Morgan fingerprint density at radius 1 is 0.765 bits per heavy atom. The van der Waals surface area contributed by atoms with Gasteiger partial charge in [-0.3, -0.25) is 9.98 Å². The zero-order valence-corrected chi connectivity index (χ0v) is 12.6. The molecule has 2 atom stereocenters. The minimum absolute atomic E-state index is 0.451. The van der Waals surface area contributed by atoms with E-state index in [1.54, 1.807) is 0 Å². The molecule has 0 aliphatic rings. The molecule has 0 bridgehead atoms. The van der Waals surface area contributed by atoms with Gasteiger partial charge in [-0.1, -0.05) is 27.7 Å². The number of aliphatic imine (C=N–C) groups is 2. The summed E-state index contributed by atoms with van der Waals surface area (Å²) in [6.45, 7) is 13.1. The van der Waals surface area contributed by atoms with Crippen LogP contribution < -0.4 is 0 Å². The summed E-state index contributed by atoms with van der Waals surface area (Å²) >= 11 is 0. The van der Waals surface area contributed by atoms with Crippen LogP contribution in [-0.4, -0.2) is 23.5 Å². The monoisotopic (exact) mass is 238 g/mol. The third-order valence-corrected chi connectivity index (χ3v) is 3.21. The van der Waals surface area contributed by atoms with Crippen LogP contribution in [0, 0.1) is 0 Å². The molecule has 0 saturated heterocycles.